The lowest BCUT2D eigenvalue weighted by molar-refractivity contribution is -0.135. The number of hydrogen-bond donors (Lipinski definition) is 2. The molecule has 0 heterocycles. The number of aryl methyl sites for hydroxylation is 1. The van der Waals surface area contributed by atoms with E-state index in [0.29, 0.717) is 37.1 Å². The van der Waals surface area contributed by atoms with Crippen LogP contribution in [0.25, 0.3) is 0 Å². The molecule has 284 valence electrons. The summed E-state index contributed by atoms with van der Waals surface area (Å²) in [6.07, 6.45) is 4.03. The molecule has 3 aromatic carbocycles. The number of benzene rings is 3. The third-order valence-corrected chi connectivity index (χ3v) is 10.5. The summed E-state index contributed by atoms with van der Waals surface area (Å²) in [5.41, 5.74) is 2.38. The van der Waals surface area contributed by atoms with Crippen LogP contribution in [0.3, 0.4) is 0 Å². The van der Waals surface area contributed by atoms with Gasteiger partial charge in [0.15, 0.2) is 11.6 Å². The number of rotatable bonds is 22. The van der Waals surface area contributed by atoms with Crippen molar-refractivity contribution in [2.24, 2.45) is 29.1 Å². The Hall–Kier alpha value is -4.10. The molecule has 53 heavy (non-hydrogen) atoms. The minimum absolute atomic E-state index is 0.0348. The summed E-state index contributed by atoms with van der Waals surface area (Å²) in [6, 6.07) is 25.0. The van der Waals surface area contributed by atoms with Gasteiger partial charge in [-0.15, -0.1) is 0 Å². The molecule has 4 rings (SSSR count). The maximum absolute atomic E-state index is 14.2. The van der Waals surface area contributed by atoms with Gasteiger partial charge in [0.2, 0.25) is 11.8 Å². The molecule has 8 heteroatoms. The Kier molecular flexibility index (Phi) is 15.6. The molecule has 7 nitrogen and oxygen atoms in total. The predicted octanol–water partition coefficient (Wildman–Crippen LogP) is 8.34. The first-order valence-corrected chi connectivity index (χ1v) is 19.6. The number of carbonyl (C=O) groups is 5. The summed E-state index contributed by atoms with van der Waals surface area (Å²) in [5, 5.41) is 6.69. The molecule has 0 radical (unpaired) electrons. The third-order valence-electron chi connectivity index (χ3n) is 10.3. The summed E-state index contributed by atoms with van der Waals surface area (Å²) >= 11 is 6.04. The first-order valence-electron chi connectivity index (χ1n) is 19.2. The number of hydrogen-bond acceptors (Lipinski definition) is 5. The van der Waals surface area contributed by atoms with E-state index < -0.39 is 29.3 Å². The Balaban J connectivity index is 1.53. The number of amides is 2. The standard InChI is InChI=1S/C45H57ClN2O5/c1-30(2)24-39(47-43(52)35(19-16-32-12-8-6-9-13-32)28-38(49)27-34-17-20-37(46)21-18-34)41(50)29-36(26-33-14-10-7-11-15-33)44(53)48-40(25-31(3)4)42(51)45(5)22-23-45/h6-15,17-18,20-21,30-31,35-36,39-40H,16,19,22-29H2,1-5H3,(H,47,52)(H,48,53)/t35-,36?,39+,40?/m1/s1. The van der Waals surface area contributed by atoms with E-state index in [0.717, 1.165) is 29.5 Å². The Morgan fingerprint density at radius 3 is 1.75 bits per heavy atom. The summed E-state index contributed by atoms with van der Waals surface area (Å²) in [5.74, 6) is -2.03. The first-order chi connectivity index (χ1) is 25.2. The van der Waals surface area contributed by atoms with Gasteiger partial charge in [-0.05, 0) is 85.6 Å². The van der Waals surface area contributed by atoms with Gasteiger partial charge in [0.05, 0.1) is 12.1 Å². The maximum atomic E-state index is 14.2. The maximum Gasteiger partial charge on any atom is 0.224 e. The SMILES string of the molecule is CC(C)CC(NC(=O)C(CC(=O)[C@H](CC(C)C)NC(=O)[C@H](CCc1ccccc1)CC(=O)Cc1ccc(Cl)cc1)Cc1ccccc1)C(=O)C1(C)CC1. The summed E-state index contributed by atoms with van der Waals surface area (Å²) in [4.78, 5) is 69.2. The van der Waals surface area contributed by atoms with E-state index in [1.807, 2.05) is 107 Å². The molecule has 1 aliphatic carbocycles. The van der Waals surface area contributed by atoms with Gasteiger partial charge in [-0.3, -0.25) is 24.0 Å². The molecule has 1 aliphatic rings. The van der Waals surface area contributed by atoms with Crippen LogP contribution in [0.2, 0.25) is 5.02 Å². The van der Waals surface area contributed by atoms with E-state index in [1.54, 1.807) is 12.1 Å². The quantitative estimate of drug-likeness (QED) is 0.108. The first kappa shape index (κ1) is 41.7. The molecule has 0 bridgehead atoms. The molecule has 0 aromatic heterocycles. The molecule has 2 N–H and O–H groups in total. The van der Waals surface area contributed by atoms with Crippen molar-refractivity contribution in [3.8, 4) is 0 Å². The van der Waals surface area contributed by atoms with E-state index >= 15 is 0 Å². The van der Waals surface area contributed by atoms with Crippen molar-refractivity contribution in [2.45, 2.75) is 111 Å². The second kappa shape index (κ2) is 19.8. The summed E-state index contributed by atoms with van der Waals surface area (Å²) < 4.78 is 0. The van der Waals surface area contributed by atoms with Crippen LogP contribution in [0, 0.1) is 29.1 Å². The number of Topliss-reactive ketones (excluding diaryl/α,β-unsaturated/α-hetero) is 3. The minimum atomic E-state index is -0.836. The van der Waals surface area contributed by atoms with E-state index in [-0.39, 0.29) is 60.3 Å². The average Bonchev–Trinajstić information content (AvgIpc) is 3.88. The molecule has 3 aromatic rings. The normalized spacial score (nSPS) is 15.6. The van der Waals surface area contributed by atoms with Crippen LogP contribution in [-0.2, 0) is 43.2 Å². The smallest absolute Gasteiger partial charge is 0.224 e. The Labute approximate surface area is 321 Å². The van der Waals surface area contributed by atoms with Gasteiger partial charge in [-0.25, -0.2) is 0 Å². The Morgan fingerprint density at radius 2 is 1.19 bits per heavy atom. The zero-order valence-corrected chi connectivity index (χ0v) is 32.8. The van der Waals surface area contributed by atoms with Gasteiger partial charge >= 0.3 is 0 Å². The molecule has 0 aliphatic heterocycles. The van der Waals surface area contributed by atoms with Crippen LogP contribution in [0.15, 0.2) is 84.9 Å². The summed E-state index contributed by atoms with van der Waals surface area (Å²) in [6.45, 7) is 10.00. The van der Waals surface area contributed by atoms with Crippen LogP contribution < -0.4 is 10.6 Å². The minimum Gasteiger partial charge on any atom is -0.346 e. The number of ketones is 3. The van der Waals surface area contributed by atoms with Gasteiger partial charge in [0.25, 0.3) is 0 Å². The Bertz CT molecular complexity index is 1670. The fourth-order valence-corrected chi connectivity index (χ4v) is 7.03. The number of nitrogens with one attached hydrogen (secondary N) is 2. The zero-order valence-electron chi connectivity index (χ0n) is 32.0. The molecular formula is C45H57ClN2O5. The van der Waals surface area contributed by atoms with Crippen molar-refractivity contribution < 1.29 is 24.0 Å². The van der Waals surface area contributed by atoms with E-state index in [9.17, 15) is 24.0 Å². The molecule has 0 saturated heterocycles. The van der Waals surface area contributed by atoms with Crippen LogP contribution >= 0.6 is 11.6 Å². The van der Waals surface area contributed by atoms with E-state index in [1.165, 1.54) is 0 Å². The van der Waals surface area contributed by atoms with E-state index in [4.69, 9.17) is 11.6 Å². The highest BCUT2D eigenvalue weighted by Gasteiger charge is 2.48. The highest BCUT2D eigenvalue weighted by molar-refractivity contribution is 6.30. The molecule has 4 atom stereocenters. The van der Waals surface area contributed by atoms with Crippen molar-refractivity contribution >= 4 is 40.8 Å². The lowest BCUT2D eigenvalue weighted by Gasteiger charge is -2.27. The van der Waals surface area contributed by atoms with Crippen molar-refractivity contribution in [3.63, 3.8) is 0 Å². The highest BCUT2D eigenvalue weighted by Crippen LogP contribution is 2.47. The fraction of sp³-hybridized carbons (Fsp3) is 0.489. The van der Waals surface area contributed by atoms with Crippen LogP contribution in [0.1, 0.15) is 96.3 Å². The third kappa shape index (κ3) is 13.7. The van der Waals surface area contributed by atoms with Gasteiger partial charge in [-0.2, -0.15) is 0 Å². The molecule has 2 unspecified atom stereocenters. The number of halogens is 1. The molecule has 0 spiro atoms. The van der Waals surface area contributed by atoms with E-state index in [2.05, 4.69) is 10.6 Å². The second-order valence-corrected chi connectivity index (χ2v) is 16.6. The molecule has 1 saturated carbocycles. The Morgan fingerprint density at radius 1 is 0.660 bits per heavy atom. The zero-order chi connectivity index (χ0) is 38.5. The lowest BCUT2D eigenvalue weighted by atomic mass is 9.87. The van der Waals surface area contributed by atoms with Crippen molar-refractivity contribution in [2.75, 3.05) is 0 Å². The fourth-order valence-electron chi connectivity index (χ4n) is 6.91. The van der Waals surface area contributed by atoms with Crippen molar-refractivity contribution in [1.29, 1.82) is 0 Å². The van der Waals surface area contributed by atoms with Gasteiger partial charge in [-0.1, -0.05) is 119 Å². The monoisotopic (exact) mass is 740 g/mol. The summed E-state index contributed by atoms with van der Waals surface area (Å²) in [7, 11) is 0. The predicted molar refractivity (Wildman–Crippen MR) is 211 cm³/mol. The lowest BCUT2D eigenvalue weighted by Crippen LogP contribution is -2.49. The average molecular weight is 741 g/mol. The van der Waals surface area contributed by atoms with Crippen molar-refractivity contribution in [1.82, 2.24) is 10.6 Å². The molecule has 2 amide bonds. The number of carbonyl (C=O) groups excluding carboxylic acids is 5. The molecular weight excluding hydrogens is 684 g/mol. The van der Waals surface area contributed by atoms with Gasteiger partial charge in [0.1, 0.15) is 5.78 Å². The van der Waals surface area contributed by atoms with Gasteiger partial charge < -0.3 is 10.6 Å². The van der Waals surface area contributed by atoms with Crippen molar-refractivity contribution in [3.05, 3.63) is 107 Å². The largest absolute Gasteiger partial charge is 0.346 e. The topological polar surface area (TPSA) is 109 Å². The van der Waals surface area contributed by atoms with Gasteiger partial charge in [0, 0.05) is 41.5 Å². The van der Waals surface area contributed by atoms with Crippen LogP contribution in [0.4, 0.5) is 0 Å². The molecule has 1 fully saturated rings. The second-order valence-electron chi connectivity index (χ2n) is 16.1. The highest BCUT2D eigenvalue weighted by atomic mass is 35.5. The van der Waals surface area contributed by atoms with Crippen LogP contribution in [0.5, 0.6) is 0 Å². The van der Waals surface area contributed by atoms with Crippen LogP contribution in [-0.4, -0.2) is 41.2 Å².